The molecule has 1 rings (SSSR count). The number of hydrogen-bond donors (Lipinski definition) is 1. The minimum Gasteiger partial charge on any atom is -0.481 e. The Balaban J connectivity index is 0.000000885. The zero-order valence-corrected chi connectivity index (χ0v) is 12.4. The van der Waals surface area contributed by atoms with Crippen LogP contribution in [0.4, 0.5) is 0 Å². The Morgan fingerprint density at radius 2 is 1.48 bits per heavy atom. The first-order valence-corrected chi connectivity index (χ1v) is 5.99. The summed E-state index contributed by atoms with van der Waals surface area (Å²) in [5.74, 6) is -1.03. The van der Waals surface area contributed by atoms with Gasteiger partial charge in [0.15, 0.2) is 0 Å². The number of hydrogen-bond acceptors (Lipinski definition) is 5. The lowest BCUT2D eigenvalue weighted by Crippen LogP contribution is -2.05. The SMILES string of the molecule is C=C(C)c1ccc(OC(C)=O)cc1OC(C)=O.CC(=O)O. The largest absolute Gasteiger partial charge is 0.481 e. The van der Waals surface area contributed by atoms with E-state index in [1.54, 1.807) is 19.1 Å². The van der Waals surface area contributed by atoms with Gasteiger partial charge in [0.2, 0.25) is 0 Å². The summed E-state index contributed by atoms with van der Waals surface area (Å²) < 4.78 is 9.95. The lowest BCUT2D eigenvalue weighted by atomic mass is 10.1. The smallest absolute Gasteiger partial charge is 0.308 e. The topological polar surface area (TPSA) is 89.9 Å². The molecular formula is C15H18O6. The molecule has 0 aromatic heterocycles. The number of allylic oxidation sites excluding steroid dienone is 1. The Kier molecular flexibility index (Phi) is 7.46. The second-order valence-corrected chi connectivity index (χ2v) is 4.14. The van der Waals surface area contributed by atoms with E-state index in [0.717, 1.165) is 12.5 Å². The first-order valence-electron chi connectivity index (χ1n) is 5.99. The number of ether oxygens (including phenoxy) is 2. The van der Waals surface area contributed by atoms with Crippen LogP contribution in [-0.4, -0.2) is 23.0 Å². The molecule has 0 fully saturated rings. The van der Waals surface area contributed by atoms with Gasteiger partial charge in [-0.15, -0.1) is 0 Å². The molecule has 0 saturated carbocycles. The first kappa shape index (κ1) is 18.4. The molecule has 0 heterocycles. The van der Waals surface area contributed by atoms with Gasteiger partial charge in [-0.25, -0.2) is 0 Å². The first-order chi connectivity index (χ1) is 9.63. The van der Waals surface area contributed by atoms with Gasteiger partial charge in [-0.1, -0.05) is 6.58 Å². The molecule has 0 spiro atoms. The average molecular weight is 294 g/mol. The molecule has 0 aliphatic rings. The van der Waals surface area contributed by atoms with Gasteiger partial charge in [-0.05, 0) is 24.6 Å². The van der Waals surface area contributed by atoms with Gasteiger partial charge in [0.1, 0.15) is 11.5 Å². The van der Waals surface area contributed by atoms with E-state index in [9.17, 15) is 9.59 Å². The number of carbonyl (C=O) groups is 3. The van der Waals surface area contributed by atoms with E-state index in [2.05, 4.69) is 6.58 Å². The highest BCUT2D eigenvalue weighted by atomic mass is 16.5. The van der Waals surface area contributed by atoms with E-state index < -0.39 is 17.9 Å². The monoisotopic (exact) mass is 294 g/mol. The number of aliphatic carboxylic acids is 1. The van der Waals surface area contributed by atoms with E-state index in [1.165, 1.54) is 19.9 Å². The molecule has 0 bridgehead atoms. The highest BCUT2D eigenvalue weighted by Crippen LogP contribution is 2.29. The average Bonchev–Trinajstić information content (AvgIpc) is 2.25. The minimum atomic E-state index is -0.833. The van der Waals surface area contributed by atoms with Crippen molar-refractivity contribution >= 4 is 23.5 Å². The van der Waals surface area contributed by atoms with Crippen LogP contribution < -0.4 is 9.47 Å². The maximum absolute atomic E-state index is 11.0. The third-order valence-corrected chi connectivity index (χ3v) is 1.93. The number of esters is 2. The van der Waals surface area contributed by atoms with Crippen molar-refractivity contribution in [1.29, 1.82) is 0 Å². The zero-order chi connectivity index (χ0) is 16.6. The van der Waals surface area contributed by atoms with Crippen molar-refractivity contribution in [3.05, 3.63) is 30.3 Å². The second-order valence-electron chi connectivity index (χ2n) is 4.14. The van der Waals surface area contributed by atoms with Gasteiger partial charge in [0.05, 0.1) is 0 Å². The summed E-state index contributed by atoms with van der Waals surface area (Å²) in [6, 6.07) is 4.81. The molecule has 0 saturated heterocycles. The molecule has 0 aliphatic carbocycles. The normalized spacial score (nSPS) is 8.95. The van der Waals surface area contributed by atoms with Crippen LogP contribution in [0, 0.1) is 0 Å². The molecule has 0 aliphatic heterocycles. The van der Waals surface area contributed by atoms with Gasteiger partial charge in [0, 0.05) is 32.4 Å². The molecule has 0 atom stereocenters. The molecule has 6 nitrogen and oxygen atoms in total. The maximum Gasteiger partial charge on any atom is 0.308 e. The van der Waals surface area contributed by atoms with Crippen molar-refractivity contribution in [1.82, 2.24) is 0 Å². The van der Waals surface area contributed by atoms with Gasteiger partial charge >= 0.3 is 11.9 Å². The predicted octanol–water partition coefficient (Wildman–Crippen LogP) is 2.66. The van der Waals surface area contributed by atoms with Crippen molar-refractivity contribution in [2.24, 2.45) is 0 Å². The van der Waals surface area contributed by atoms with Crippen molar-refractivity contribution in [2.45, 2.75) is 27.7 Å². The summed E-state index contributed by atoms with van der Waals surface area (Å²) >= 11 is 0. The van der Waals surface area contributed by atoms with Crippen LogP contribution in [0.2, 0.25) is 0 Å². The molecule has 0 radical (unpaired) electrons. The van der Waals surface area contributed by atoms with Crippen LogP contribution in [0.5, 0.6) is 11.5 Å². The fraction of sp³-hybridized carbons (Fsp3) is 0.267. The second kappa shape index (κ2) is 8.52. The quantitative estimate of drug-likeness (QED) is 0.681. The molecule has 1 aromatic rings. The van der Waals surface area contributed by atoms with Crippen LogP contribution in [0.15, 0.2) is 24.8 Å². The van der Waals surface area contributed by atoms with E-state index in [4.69, 9.17) is 19.4 Å². The van der Waals surface area contributed by atoms with Crippen molar-refractivity contribution in [3.8, 4) is 11.5 Å². The van der Waals surface area contributed by atoms with Gasteiger partial charge in [-0.2, -0.15) is 0 Å². The summed E-state index contributed by atoms with van der Waals surface area (Å²) in [5, 5.41) is 7.42. The summed E-state index contributed by atoms with van der Waals surface area (Å²) in [7, 11) is 0. The Morgan fingerprint density at radius 3 is 1.86 bits per heavy atom. The fourth-order valence-corrected chi connectivity index (χ4v) is 1.32. The third-order valence-electron chi connectivity index (χ3n) is 1.93. The maximum atomic E-state index is 11.0. The molecule has 0 unspecified atom stereocenters. The number of benzene rings is 1. The van der Waals surface area contributed by atoms with E-state index in [0.29, 0.717) is 17.1 Å². The lowest BCUT2D eigenvalue weighted by molar-refractivity contribution is -0.135. The molecule has 6 heteroatoms. The minimum absolute atomic E-state index is 0.332. The third kappa shape index (κ3) is 8.20. The lowest BCUT2D eigenvalue weighted by Gasteiger charge is -2.10. The van der Waals surface area contributed by atoms with Crippen molar-refractivity contribution in [3.63, 3.8) is 0 Å². The van der Waals surface area contributed by atoms with E-state index in [-0.39, 0.29) is 0 Å². The highest BCUT2D eigenvalue weighted by molar-refractivity contribution is 5.76. The predicted molar refractivity (Wildman–Crippen MR) is 77.1 cm³/mol. The van der Waals surface area contributed by atoms with Crippen LogP contribution in [0.1, 0.15) is 33.3 Å². The van der Waals surface area contributed by atoms with Crippen LogP contribution >= 0.6 is 0 Å². The summed E-state index contributed by atoms with van der Waals surface area (Å²) in [6.45, 7) is 9.28. The zero-order valence-electron chi connectivity index (χ0n) is 12.4. The molecule has 0 amide bonds. The Hall–Kier alpha value is -2.63. The summed E-state index contributed by atoms with van der Waals surface area (Å²) in [6.07, 6.45) is 0. The standard InChI is InChI=1S/C13H14O4.C2H4O2/c1-8(2)12-6-5-11(16-9(3)14)7-13(12)17-10(4)15;1-2(3)4/h5-7H,1H2,2-4H3;1H3,(H,3,4). The molecule has 21 heavy (non-hydrogen) atoms. The number of carbonyl (C=O) groups excluding carboxylic acids is 2. The van der Waals surface area contributed by atoms with Gasteiger partial charge < -0.3 is 14.6 Å². The van der Waals surface area contributed by atoms with Crippen molar-refractivity contribution < 1.29 is 29.0 Å². The summed E-state index contributed by atoms with van der Waals surface area (Å²) in [5.41, 5.74) is 1.46. The van der Waals surface area contributed by atoms with E-state index in [1.807, 2.05) is 0 Å². The van der Waals surface area contributed by atoms with Gasteiger partial charge in [-0.3, -0.25) is 14.4 Å². The fourth-order valence-electron chi connectivity index (χ4n) is 1.32. The van der Waals surface area contributed by atoms with Crippen LogP contribution in [0.25, 0.3) is 5.57 Å². The number of carboxylic acid groups (broad SMARTS) is 1. The highest BCUT2D eigenvalue weighted by Gasteiger charge is 2.10. The summed E-state index contributed by atoms with van der Waals surface area (Å²) in [4.78, 5) is 30.8. The number of carboxylic acids is 1. The molecule has 1 aromatic carbocycles. The van der Waals surface area contributed by atoms with Gasteiger partial charge in [0.25, 0.3) is 5.97 Å². The van der Waals surface area contributed by atoms with Crippen LogP contribution in [0.3, 0.4) is 0 Å². The van der Waals surface area contributed by atoms with Crippen LogP contribution in [-0.2, 0) is 14.4 Å². The number of rotatable bonds is 3. The molecule has 1 N–H and O–H groups in total. The molecular weight excluding hydrogens is 276 g/mol. The Morgan fingerprint density at radius 1 is 1.00 bits per heavy atom. The van der Waals surface area contributed by atoms with Crippen molar-refractivity contribution in [2.75, 3.05) is 0 Å². The van der Waals surface area contributed by atoms with E-state index >= 15 is 0 Å². The Labute approximate surface area is 123 Å². The Bertz CT molecular complexity index is 555. The molecule has 114 valence electrons.